The SMILES string of the molecule is CCOCCOC1CCCCCCC1O. The van der Waals surface area contributed by atoms with Gasteiger partial charge in [-0.05, 0) is 19.8 Å². The Morgan fingerprint density at radius 2 is 1.80 bits per heavy atom. The minimum atomic E-state index is -0.271. The van der Waals surface area contributed by atoms with Gasteiger partial charge in [-0.2, -0.15) is 0 Å². The highest BCUT2D eigenvalue weighted by Gasteiger charge is 2.20. The summed E-state index contributed by atoms with van der Waals surface area (Å²) in [6.45, 7) is 3.95. The lowest BCUT2D eigenvalue weighted by molar-refractivity contribution is -0.0648. The molecule has 0 aromatic heterocycles. The van der Waals surface area contributed by atoms with Crippen LogP contribution in [0, 0.1) is 0 Å². The predicted molar refractivity (Wildman–Crippen MR) is 59.9 cm³/mol. The van der Waals surface area contributed by atoms with Gasteiger partial charge in [0.25, 0.3) is 0 Å². The van der Waals surface area contributed by atoms with Crippen LogP contribution in [-0.4, -0.2) is 37.1 Å². The lowest BCUT2D eigenvalue weighted by Crippen LogP contribution is -2.31. The van der Waals surface area contributed by atoms with Crippen molar-refractivity contribution in [1.82, 2.24) is 0 Å². The minimum Gasteiger partial charge on any atom is -0.390 e. The van der Waals surface area contributed by atoms with Crippen LogP contribution in [-0.2, 0) is 9.47 Å². The average molecular weight is 216 g/mol. The summed E-state index contributed by atoms with van der Waals surface area (Å²) in [5.41, 5.74) is 0. The van der Waals surface area contributed by atoms with Crippen molar-refractivity contribution in [2.75, 3.05) is 19.8 Å². The van der Waals surface area contributed by atoms with Crippen LogP contribution in [0.2, 0.25) is 0 Å². The van der Waals surface area contributed by atoms with E-state index in [0.29, 0.717) is 13.2 Å². The summed E-state index contributed by atoms with van der Waals surface area (Å²) in [6.07, 6.45) is 6.48. The fourth-order valence-corrected chi connectivity index (χ4v) is 2.03. The zero-order valence-electron chi connectivity index (χ0n) is 9.78. The molecule has 0 radical (unpaired) electrons. The number of aliphatic hydroxyl groups excluding tert-OH is 1. The number of aliphatic hydroxyl groups is 1. The molecule has 1 aliphatic rings. The van der Waals surface area contributed by atoms with Crippen LogP contribution in [0.25, 0.3) is 0 Å². The first kappa shape index (κ1) is 12.9. The molecular formula is C12H24O3. The molecule has 15 heavy (non-hydrogen) atoms. The fraction of sp³-hybridized carbons (Fsp3) is 1.00. The van der Waals surface area contributed by atoms with Crippen LogP contribution in [0.3, 0.4) is 0 Å². The molecule has 3 heteroatoms. The molecule has 1 fully saturated rings. The van der Waals surface area contributed by atoms with Crippen LogP contribution >= 0.6 is 0 Å². The Bertz CT molecular complexity index is 150. The summed E-state index contributed by atoms with van der Waals surface area (Å²) < 4.78 is 10.9. The fourth-order valence-electron chi connectivity index (χ4n) is 2.03. The molecule has 0 heterocycles. The van der Waals surface area contributed by atoms with E-state index in [4.69, 9.17) is 9.47 Å². The van der Waals surface area contributed by atoms with Crippen molar-refractivity contribution in [3.8, 4) is 0 Å². The highest BCUT2D eigenvalue weighted by molar-refractivity contribution is 4.72. The van der Waals surface area contributed by atoms with E-state index in [0.717, 1.165) is 25.9 Å². The minimum absolute atomic E-state index is 0.0331. The second-order valence-corrected chi connectivity index (χ2v) is 4.17. The van der Waals surface area contributed by atoms with Gasteiger partial charge in [0, 0.05) is 6.61 Å². The van der Waals surface area contributed by atoms with Crippen molar-refractivity contribution >= 4 is 0 Å². The third kappa shape index (κ3) is 5.50. The zero-order valence-corrected chi connectivity index (χ0v) is 9.78. The van der Waals surface area contributed by atoms with Gasteiger partial charge in [-0.3, -0.25) is 0 Å². The van der Waals surface area contributed by atoms with Crippen LogP contribution in [0.4, 0.5) is 0 Å². The predicted octanol–water partition coefficient (Wildman–Crippen LogP) is 2.12. The van der Waals surface area contributed by atoms with Gasteiger partial charge < -0.3 is 14.6 Å². The lowest BCUT2D eigenvalue weighted by atomic mass is 9.96. The van der Waals surface area contributed by atoms with Crippen molar-refractivity contribution < 1.29 is 14.6 Å². The van der Waals surface area contributed by atoms with Gasteiger partial charge in [-0.1, -0.05) is 25.7 Å². The average Bonchev–Trinajstić information content (AvgIpc) is 2.22. The molecular weight excluding hydrogens is 192 g/mol. The zero-order chi connectivity index (χ0) is 10.9. The van der Waals surface area contributed by atoms with Crippen molar-refractivity contribution in [3.63, 3.8) is 0 Å². The van der Waals surface area contributed by atoms with Crippen molar-refractivity contribution in [3.05, 3.63) is 0 Å². The molecule has 90 valence electrons. The van der Waals surface area contributed by atoms with E-state index in [2.05, 4.69) is 0 Å². The van der Waals surface area contributed by atoms with Crippen molar-refractivity contribution in [2.45, 2.75) is 57.7 Å². The summed E-state index contributed by atoms with van der Waals surface area (Å²) in [4.78, 5) is 0. The third-order valence-corrected chi connectivity index (χ3v) is 2.93. The molecule has 0 aromatic rings. The third-order valence-electron chi connectivity index (χ3n) is 2.93. The molecule has 1 aliphatic carbocycles. The number of hydrogen-bond donors (Lipinski definition) is 1. The Morgan fingerprint density at radius 3 is 2.53 bits per heavy atom. The maximum atomic E-state index is 9.86. The Balaban J connectivity index is 2.17. The molecule has 0 aliphatic heterocycles. The molecule has 1 N–H and O–H groups in total. The standard InChI is InChI=1S/C12H24O3/c1-2-14-9-10-15-12-8-6-4-3-5-7-11(12)13/h11-13H,2-10H2,1H3. The number of hydrogen-bond acceptors (Lipinski definition) is 3. The highest BCUT2D eigenvalue weighted by Crippen LogP contribution is 2.19. The Labute approximate surface area is 92.8 Å². The first-order valence-corrected chi connectivity index (χ1v) is 6.22. The molecule has 0 bridgehead atoms. The second-order valence-electron chi connectivity index (χ2n) is 4.17. The highest BCUT2D eigenvalue weighted by atomic mass is 16.5. The molecule has 1 saturated carbocycles. The summed E-state index contributed by atoms with van der Waals surface area (Å²) in [7, 11) is 0. The van der Waals surface area contributed by atoms with E-state index >= 15 is 0 Å². The van der Waals surface area contributed by atoms with Crippen LogP contribution in [0.15, 0.2) is 0 Å². The summed E-state index contributed by atoms with van der Waals surface area (Å²) in [5.74, 6) is 0. The second kappa shape index (κ2) is 8.08. The maximum Gasteiger partial charge on any atom is 0.0835 e. The molecule has 2 atom stereocenters. The Hall–Kier alpha value is -0.120. The monoisotopic (exact) mass is 216 g/mol. The van der Waals surface area contributed by atoms with Crippen LogP contribution in [0.5, 0.6) is 0 Å². The van der Waals surface area contributed by atoms with Crippen LogP contribution in [0.1, 0.15) is 45.4 Å². The quantitative estimate of drug-likeness (QED) is 0.715. The van der Waals surface area contributed by atoms with Gasteiger partial charge in [0.05, 0.1) is 25.4 Å². The molecule has 1 rings (SSSR count). The van der Waals surface area contributed by atoms with Crippen molar-refractivity contribution in [1.29, 1.82) is 0 Å². The molecule has 2 unspecified atom stereocenters. The van der Waals surface area contributed by atoms with Gasteiger partial charge in [0.1, 0.15) is 0 Å². The first-order valence-electron chi connectivity index (χ1n) is 6.22. The molecule has 0 aromatic carbocycles. The van der Waals surface area contributed by atoms with Gasteiger partial charge in [-0.15, -0.1) is 0 Å². The van der Waals surface area contributed by atoms with E-state index in [-0.39, 0.29) is 12.2 Å². The molecule has 0 saturated heterocycles. The molecule has 0 spiro atoms. The van der Waals surface area contributed by atoms with Crippen LogP contribution < -0.4 is 0 Å². The topological polar surface area (TPSA) is 38.7 Å². The molecule has 3 nitrogen and oxygen atoms in total. The maximum absolute atomic E-state index is 9.86. The van der Waals surface area contributed by atoms with E-state index in [1.165, 1.54) is 19.3 Å². The van der Waals surface area contributed by atoms with Gasteiger partial charge in [-0.25, -0.2) is 0 Å². The van der Waals surface area contributed by atoms with Gasteiger partial charge in [0.2, 0.25) is 0 Å². The largest absolute Gasteiger partial charge is 0.390 e. The smallest absolute Gasteiger partial charge is 0.0835 e. The normalized spacial score (nSPS) is 28.4. The summed E-state index contributed by atoms with van der Waals surface area (Å²) >= 11 is 0. The summed E-state index contributed by atoms with van der Waals surface area (Å²) in [6, 6.07) is 0. The molecule has 0 amide bonds. The van der Waals surface area contributed by atoms with E-state index in [1.54, 1.807) is 0 Å². The Kier molecular flexibility index (Phi) is 6.98. The number of rotatable bonds is 5. The summed E-state index contributed by atoms with van der Waals surface area (Å²) in [5, 5.41) is 9.86. The lowest BCUT2D eigenvalue weighted by Gasteiger charge is -2.25. The van der Waals surface area contributed by atoms with Gasteiger partial charge in [0.15, 0.2) is 0 Å². The first-order chi connectivity index (χ1) is 7.34. The van der Waals surface area contributed by atoms with E-state index in [1.807, 2.05) is 6.92 Å². The Morgan fingerprint density at radius 1 is 1.07 bits per heavy atom. The van der Waals surface area contributed by atoms with Crippen molar-refractivity contribution in [2.24, 2.45) is 0 Å². The van der Waals surface area contributed by atoms with E-state index in [9.17, 15) is 5.11 Å². The van der Waals surface area contributed by atoms with Gasteiger partial charge >= 0.3 is 0 Å². The van der Waals surface area contributed by atoms with E-state index < -0.39 is 0 Å². The number of ether oxygens (including phenoxy) is 2.